The Morgan fingerprint density at radius 1 is 1.13 bits per heavy atom. The van der Waals surface area contributed by atoms with E-state index in [0.717, 1.165) is 16.8 Å². The highest BCUT2D eigenvalue weighted by molar-refractivity contribution is 6.30. The van der Waals surface area contributed by atoms with E-state index in [2.05, 4.69) is 17.4 Å². The summed E-state index contributed by atoms with van der Waals surface area (Å²) in [6.07, 6.45) is 0.0366. The van der Waals surface area contributed by atoms with E-state index in [-0.39, 0.29) is 5.91 Å². The van der Waals surface area contributed by atoms with Crippen molar-refractivity contribution < 1.29 is 9.53 Å². The Morgan fingerprint density at radius 3 is 2.22 bits per heavy atom. The standard InChI is InChI=1S/C19H22ClNO2/c1-5-17(23-16-8-6-15(20)7-9-16)19(22)21-18-13(3)10-12(2)11-14(18)4/h6-11,17H,5H2,1-4H3,(H,21,22)/t17-/m0/s1. The molecule has 0 bridgehead atoms. The Bertz CT molecular complexity index is 672. The summed E-state index contributed by atoms with van der Waals surface area (Å²) in [7, 11) is 0. The Hall–Kier alpha value is -2.00. The number of rotatable bonds is 5. The molecular weight excluding hydrogens is 310 g/mol. The summed E-state index contributed by atoms with van der Waals surface area (Å²) in [5.74, 6) is 0.492. The van der Waals surface area contributed by atoms with E-state index in [9.17, 15) is 4.79 Å². The van der Waals surface area contributed by atoms with Crippen molar-refractivity contribution in [1.82, 2.24) is 0 Å². The maximum absolute atomic E-state index is 12.5. The number of carbonyl (C=O) groups excluding carboxylic acids is 1. The first-order valence-electron chi connectivity index (χ1n) is 7.71. The lowest BCUT2D eigenvalue weighted by Crippen LogP contribution is -2.32. The van der Waals surface area contributed by atoms with Crippen LogP contribution in [0.5, 0.6) is 5.75 Å². The van der Waals surface area contributed by atoms with Crippen molar-refractivity contribution in [2.24, 2.45) is 0 Å². The number of benzene rings is 2. The van der Waals surface area contributed by atoms with Gasteiger partial charge in [0.05, 0.1) is 0 Å². The van der Waals surface area contributed by atoms with Crippen LogP contribution in [0.3, 0.4) is 0 Å². The van der Waals surface area contributed by atoms with Crippen molar-refractivity contribution in [2.75, 3.05) is 5.32 Å². The van der Waals surface area contributed by atoms with Crippen LogP contribution < -0.4 is 10.1 Å². The molecule has 1 N–H and O–H groups in total. The molecule has 0 aromatic heterocycles. The first kappa shape index (κ1) is 17.4. The van der Waals surface area contributed by atoms with Crippen molar-refractivity contribution in [3.8, 4) is 5.75 Å². The molecule has 0 saturated carbocycles. The third-order valence-corrected chi connectivity index (χ3v) is 3.93. The average molecular weight is 332 g/mol. The monoisotopic (exact) mass is 331 g/mol. The summed E-state index contributed by atoms with van der Waals surface area (Å²) in [6, 6.07) is 11.1. The van der Waals surface area contributed by atoms with Crippen molar-refractivity contribution in [1.29, 1.82) is 0 Å². The lowest BCUT2D eigenvalue weighted by Gasteiger charge is -2.19. The van der Waals surface area contributed by atoms with E-state index in [1.54, 1.807) is 24.3 Å². The van der Waals surface area contributed by atoms with Gasteiger partial charge in [0.2, 0.25) is 0 Å². The second-order valence-corrected chi connectivity index (χ2v) is 6.17. The maximum atomic E-state index is 12.5. The fourth-order valence-corrected chi connectivity index (χ4v) is 2.71. The number of aryl methyl sites for hydroxylation is 3. The van der Waals surface area contributed by atoms with Crippen molar-refractivity contribution in [2.45, 2.75) is 40.2 Å². The molecule has 0 spiro atoms. The molecule has 122 valence electrons. The van der Waals surface area contributed by atoms with Gasteiger partial charge in [-0.2, -0.15) is 0 Å². The molecule has 2 rings (SSSR count). The zero-order valence-corrected chi connectivity index (χ0v) is 14.7. The molecule has 0 aliphatic carbocycles. The van der Waals surface area contributed by atoms with Gasteiger partial charge in [-0.15, -0.1) is 0 Å². The number of carbonyl (C=O) groups is 1. The van der Waals surface area contributed by atoms with Gasteiger partial charge >= 0.3 is 0 Å². The van der Waals surface area contributed by atoms with E-state index in [4.69, 9.17) is 16.3 Å². The van der Waals surface area contributed by atoms with Crippen LogP contribution in [-0.4, -0.2) is 12.0 Å². The van der Waals surface area contributed by atoms with Gasteiger partial charge in [-0.05, 0) is 62.6 Å². The molecule has 1 amide bonds. The summed E-state index contributed by atoms with van der Waals surface area (Å²) < 4.78 is 5.79. The number of halogens is 1. The van der Waals surface area contributed by atoms with Crippen LogP contribution in [0.4, 0.5) is 5.69 Å². The largest absolute Gasteiger partial charge is 0.481 e. The quantitative estimate of drug-likeness (QED) is 0.831. The Labute approximate surface area is 142 Å². The number of hydrogen-bond donors (Lipinski definition) is 1. The minimum absolute atomic E-state index is 0.141. The SMILES string of the molecule is CC[C@H](Oc1ccc(Cl)cc1)C(=O)Nc1c(C)cc(C)cc1C. The van der Waals surface area contributed by atoms with Gasteiger partial charge in [0, 0.05) is 10.7 Å². The highest BCUT2D eigenvalue weighted by Gasteiger charge is 2.20. The molecule has 0 radical (unpaired) electrons. The van der Waals surface area contributed by atoms with Crippen LogP contribution in [0, 0.1) is 20.8 Å². The second-order valence-electron chi connectivity index (χ2n) is 5.73. The maximum Gasteiger partial charge on any atom is 0.265 e. The molecule has 0 saturated heterocycles. The van der Waals surface area contributed by atoms with E-state index in [1.165, 1.54) is 5.56 Å². The van der Waals surface area contributed by atoms with Crippen LogP contribution in [0.1, 0.15) is 30.0 Å². The molecule has 4 heteroatoms. The predicted octanol–water partition coefficient (Wildman–Crippen LogP) is 5.06. The fraction of sp³-hybridized carbons (Fsp3) is 0.316. The summed E-state index contributed by atoms with van der Waals surface area (Å²) in [4.78, 5) is 12.5. The topological polar surface area (TPSA) is 38.3 Å². The summed E-state index contributed by atoms with van der Waals surface area (Å²) >= 11 is 5.86. The third-order valence-electron chi connectivity index (χ3n) is 3.68. The molecule has 0 fully saturated rings. The number of amides is 1. The molecule has 0 heterocycles. The van der Waals surface area contributed by atoms with E-state index in [0.29, 0.717) is 17.2 Å². The number of anilines is 1. The second kappa shape index (κ2) is 7.51. The molecule has 2 aromatic rings. The number of ether oxygens (including phenoxy) is 1. The van der Waals surface area contributed by atoms with Crippen molar-refractivity contribution >= 4 is 23.2 Å². The molecular formula is C19H22ClNO2. The first-order valence-corrected chi connectivity index (χ1v) is 8.09. The molecule has 0 unspecified atom stereocenters. The fourth-order valence-electron chi connectivity index (χ4n) is 2.58. The smallest absolute Gasteiger partial charge is 0.265 e. The van der Waals surface area contributed by atoms with E-state index < -0.39 is 6.10 Å². The molecule has 0 aliphatic heterocycles. The van der Waals surface area contributed by atoms with Crippen molar-refractivity contribution in [3.63, 3.8) is 0 Å². The summed E-state index contributed by atoms with van der Waals surface area (Å²) in [6.45, 7) is 7.96. The van der Waals surface area contributed by atoms with Crippen LogP contribution in [0.2, 0.25) is 5.02 Å². The predicted molar refractivity (Wildman–Crippen MR) is 95.4 cm³/mol. The summed E-state index contributed by atoms with van der Waals surface area (Å²) in [5, 5.41) is 3.64. The molecule has 0 aliphatic rings. The van der Waals surface area contributed by atoms with Crippen molar-refractivity contribution in [3.05, 3.63) is 58.1 Å². The van der Waals surface area contributed by atoms with Gasteiger partial charge in [-0.3, -0.25) is 4.79 Å². The molecule has 1 atom stereocenters. The van der Waals surface area contributed by atoms with Gasteiger partial charge in [-0.1, -0.05) is 36.2 Å². The molecule has 23 heavy (non-hydrogen) atoms. The molecule has 2 aromatic carbocycles. The van der Waals surface area contributed by atoms with E-state index in [1.807, 2.05) is 27.7 Å². The molecule has 3 nitrogen and oxygen atoms in total. The Morgan fingerprint density at radius 2 is 1.70 bits per heavy atom. The van der Waals surface area contributed by atoms with Gasteiger partial charge in [0.25, 0.3) is 5.91 Å². The summed E-state index contributed by atoms with van der Waals surface area (Å²) in [5.41, 5.74) is 4.15. The lowest BCUT2D eigenvalue weighted by atomic mass is 10.0. The highest BCUT2D eigenvalue weighted by Crippen LogP contribution is 2.23. The number of nitrogens with one attached hydrogen (secondary N) is 1. The zero-order chi connectivity index (χ0) is 17.0. The zero-order valence-electron chi connectivity index (χ0n) is 13.9. The minimum Gasteiger partial charge on any atom is -0.481 e. The van der Waals surface area contributed by atoms with Gasteiger partial charge in [0.15, 0.2) is 6.10 Å². The van der Waals surface area contributed by atoms with E-state index >= 15 is 0 Å². The van der Waals surface area contributed by atoms with Gasteiger partial charge in [0.1, 0.15) is 5.75 Å². The lowest BCUT2D eigenvalue weighted by molar-refractivity contribution is -0.122. The highest BCUT2D eigenvalue weighted by atomic mass is 35.5. The Kier molecular flexibility index (Phi) is 5.67. The van der Waals surface area contributed by atoms with Gasteiger partial charge in [-0.25, -0.2) is 0 Å². The Balaban J connectivity index is 2.13. The number of hydrogen-bond acceptors (Lipinski definition) is 2. The minimum atomic E-state index is -0.545. The van der Waals surface area contributed by atoms with Crippen LogP contribution in [0.15, 0.2) is 36.4 Å². The normalized spacial score (nSPS) is 11.9. The van der Waals surface area contributed by atoms with Crippen LogP contribution >= 0.6 is 11.6 Å². The average Bonchev–Trinajstić information content (AvgIpc) is 2.50. The van der Waals surface area contributed by atoms with Crippen LogP contribution in [0.25, 0.3) is 0 Å². The van der Waals surface area contributed by atoms with Crippen LogP contribution in [-0.2, 0) is 4.79 Å². The van der Waals surface area contributed by atoms with Gasteiger partial charge < -0.3 is 10.1 Å². The third kappa shape index (κ3) is 4.49. The first-order chi connectivity index (χ1) is 10.9.